The highest BCUT2D eigenvalue weighted by molar-refractivity contribution is 5.97. The minimum Gasteiger partial charge on any atom is -0.366 e. The topological polar surface area (TPSA) is 98.2 Å². The number of rotatable bonds is 4. The molecule has 1 aromatic carbocycles. The summed E-state index contributed by atoms with van der Waals surface area (Å²) in [5.74, 6) is -0.297. The van der Waals surface area contributed by atoms with Gasteiger partial charge in [-0.15, -0.1) is 0 Å². The van der Waals surface area contributed by atoms with Crippen LogP contribution in [0.4, 0.5) is 5.69 Å². The van der Waals surface area contributed by atoms with Crippen molar-refractivity contribution in [1.29, 1.82) is 0 Å². The molecule has 5 nitrogen and oxygen atoms in total. The van der Waals surface area contributed by atoms with E-state index in [-0.39, 0.29) is 17.7 Å². The summed E-state index contributed by atoms with van der Waals surface area (Å²) in [6.07, 6.45) is 4.10. The predicted octanol–water partition coefficient (Wildman–Crippen LogP) is 1.49. The third-order valence-corrected chi connectivity index (χ3v) is 3.96. The van der Waals surface area contributed by atoms with E-state index in [1.165, 1.54) is 0 Å². The summed E-state index contributed by atoms with van der Waals surface area (Å²) in [4.78, 5) is 23.5. The summed E-state index contributed by atoms with van der Waals surface area (Å²) in [6, 6.07) is 6.68. The van der Waals surface area contributed by atoms with Gasteiger partial charge in [0, 0.05) is 17.2 Å². The first kappa shape index (κ1) is 14.5. The second-order valence-corrected chi connectivity index (χ2v) is 5.32. The van der Waals surface area contributed by atoms with Gasteiger partial charge in [0.05, 0.1) is 0 Å². The predicted molar refractivity (Wildman–Crippen MR) is 78.1 cm³/mol. The number of primary amides is 1. The van der Waals surface area contributed by atoms with Gasteiger partial charge in [0.1, 0.15) is 0 Å². The van der Waals surface area contributed by atoms with E-state index in [4.69, 9.17) is 11.5 Å². The molecule has 0 radical (unpaired) electrons. The van der Waals surface area contributed by atoms with Crippen LogP contribution in [0.15, 0.2) is 24.3 Å². The third kappa shape index (κ3) is 3.36. The van der Waals surface area contributed by atoms with Crippen LogP contribution < -0.4 is 16.8 Å². The molecule has 0 saturated heterocycles. The van der Waals surface area contributed by atoms with Crippen LogP contribution in [0.25, 0.3) is 0 Å². The van der Waals surface area contributed by atoms with Gasteiger partial charge >= 0.3 is 0 Å². The fourth-order valence-electron chi connectivity index (χ4n) is 2.82. The Kier molecular flexibility index (Phi) is 4.74. The maximum Gasteiger partial charge on any atom is 0.248 e. The molecule has 2 unspecified atom stereocenters. The second-order valence-electron chi connectivity index (χ2n) is 5.32. The zero-order valence-electron chi connectivity index (χ0n) is 11.5. The molecule has 2 amide bonds. The largest absolute Gasteiger partial charge is 0.366 e. The molecule has 5 N–H and O–H groups in total. The minimum atomic E-state index is -0.501. The van der Waals surface area contributed by atoms with E-state index < -0.39 is 5.91 Å². The van der Waals surface area contributed by atoms with Crippen LogP contribution in [-0.2, 0) is 4.79 Å². The third-order valence-electron chi connectivity index (χ3n) is 3.96. The standard InChI is InChI=1S/C15H21N3O2/c16-9-11-4-1-2-7-13(11)15(20)18-12-6-3-5-10(8-12)14(17)19/h3,5-6,8,11,13H,1-2,4,7,9,16H2,(H2,17,19)(H,18,20). The van der Waals surface area contributed by atoms with Crippen molar-refractivity contribution in [1.82, 2.24) is 0 Å². The van der Waals surface area contributed by atoms with Crippen LogP contribution in [0.5, 0.6) is 0 Å². The lowest BCUT2D eigenvalue weighted by Crippen LogP contribution is -2.35. The lowest BCUT2D eigenvalue weighted by Gasteiger charge is -2.29. The first-order valence-corrected chi connectivity index (χ1v) is 7.02. The van der Waals surface area contributed by atoms with Gasteiger partial charge in [-0.1, -0.05) is 18.9 Å². The summed E-state index contributed by atoms with van der Waals surface area (Å²) in [5, 5.41) is 2.87. The lowest BCUT2D eigenvalue weighted by atomic mass is 9.78. The summed E-state index contributed by atoms with van der Waals surface area (Å²) >= 11 is 0. The lowest BCUT2D eigenvalue weighted by molar-refractivity contribution is -0.122. The van der Waals surface area contributed by atoms with Gasteiger partial charge in [-0.2, -0.15) is 0 Å². The summed E-state index contributed by atoms with van der Waals surface area (Å²) in [6.45, 7) is 0.541. The van der Waals surface area contributed by atoms with Crippen molar-refractivity contribution in [2.45, 2.75) is 25.7 Å². The van der Waals surface area contributed by atoms with Crippen LogP contribution in [0, 0.1) is 11.8 Å². The van der Waals surface area contributed by atoms with Crippen LogP contribution >= 0.6 is 0 Å². The van der Waals surface area contributed by atoms with Crippen LogP contribution in [0.2, 0.25) is 0 Å². The Hall–Kier alpha value is -1.88. The van der Waals surface area contributed by atoms with Crippen molar-refractivity contribution in [2.75, 3.05) is 11.9 Å². The van der Waals surface area contributed by atoms with E-state index >= 15 is 0 Å². The number of nitrogens with two attached hydrogens (primary N) is 2. The van der Waals surface area contributed by atoms with Crippen molar-refractivity contribution < 1.29 is 9.59 Å². The molecular formula is C15H21N3O2. The van der Waals surface area contributed by atoms with E-state index in [1.807, 2.05) is 0 Å². The molecule has 1 aliphatic carbocycles. The van der Waals surface area contributed by atoms with Gasteiger partial charge in [-0.3, -0.25) is 9.59 Å². The van der Waals surface area contributed by atoms with Gasteiger partial charge in [0.25, 0.3) is 0 Å². The zero-order valence-corrected chi connectivity index (χ0v) is 11.5. The summed E-state index contributed by atoms with van der Waals surface area (Å²) in [5.41, 5.74) is 12.0. The molecule has 1 saturated carbocycles. The molecule has 2 rings (SSSR count). The van der Waals surface area contributed by atoms with Crippen molar-refractivity contribution in [2.24, 2.45) is 23.3 Å². The monoisotopic (exact) mass is 275 g/mol. The molecule has 2 atom stereocenters. The maximum atomic E-state index is 12.3. The molecule has 0 heterocycles. The van der Waals surface area contributed by atoms with E-state index in [9.17, 15) is 9.59 Å². The van der Waals surface area contributed by atoms with Gasteiger partial charge in [-0.05, 0) is 43.5 Å². The van der Waals surface area contributed by atoms with E-state index in [0.29, 0.717) is 17.8 Å². The fourth-order valence-corrected chi connectivity index (χ4v) is 2.82. The number of benzene rings is 1. The van der Waals surface area contributed by atoms with Crippen molar-refractivity contribution in [3.8, 4) is 0 Å². The van der Waals surface area contributed by atoms with E-state index in [1.54, 1.807) is 24.3 Å². The average Bonchev–Trinajstić information content (AvgIpc) is 2.47. The number of carbonyl (C=O) groups is 2. The smallest absolute Gasteiger partial charge is 0.248 e. The SMILES string of the molecule is NCC1CCCCC1C(=O)Nc1cccc(C(N)=O)c1. The number of hydrogen-bond acceptors (Lipinski definition) is 3. The molecule has 1 aromatic rings. The Balaban J connectivity index is 2.06. The molecule has 1 aliphatic rings. The van der Waals surface area contributed by atoms with Crippen molar-refractivity contribution in [3.63, 3.8) is 0 Å². The second kappa shape index (κ2) is 6.52. The maximum absolute atomic E-state index is 12.3. The molecular weight excluding hydrogens is 254 g/mol. The molecule has 1 fully saturated rings. The summed E-state index contributed by atoms with van der Waals surface area (Å²) in [7, 11) is 0. The Labute approximate surface area is 118 Å². The summed E-state index contributed by atoms with van der Waals surface area (Å²) < 4.78 is 0. The number of carbonyl (C=O) groups excluding carboxylic acids is 2. The van der Waals surface area contributed by atoms with Gasteiger partial charge in [-0.25, -0.2) is 0 Å². The number of anilines is 1. The molecule has 0 spiro atoms. The highest BCUT2D eigenvalue weighted by Crippen LogP contribution is 2.30. The van der Waals surface area contributed by atoms with Gasteiger partial charge < -0.3 is 16.8 Å². The molecule has 0 aliphatic heterocycles. The quantitative estimate of drug-likeness (QED) is 0.776. The molecule has 5 heteroatoms. The Morgan fingerprint density at radius 1 is 1.25 bits per heavy atom. The number of amides is 2. The first-order chi connectivity index (χ1) is 9.61. The fraction of sp³-hybridized carbons (Fsp3) is 0.467. The van der Waals surface area contributed by atoms with Gasteiger partial charge in [0.2, 0.25) is 11.8 Å². The number of nitrogens with one attached hydrogen (secondary N) is 1. The van der Waals surface area contributed by atoms with E-state index in [2.05, 4.69) is 5.32 Å². The van der Waals surface area contributed by atoms with Crippen LogP contribution in [0.3, 0.4) is 0 Å². The molecule has 108 valence electrons. The van der Waals surface area contributed by atoms with Crippen LogP contribution in [-0.4, -0.2) is 18.4 Å². The molecule has 20 heavy (non-hydrogen) atoms. The van der Waals surface area contributed by atoms with Crippen molar-refractivity contribution in [3.05, 3.63) is 29.8 Å². The Morgan fingerprint density at radius 3 is 2.70 bits per heavy atom. The van der Waals surface area contributed by atoms with Crippen molar-refractivity contribution >= 4 is 17.5 Å². The average molecular weight is 275 g/mol. The highest BCUT2D eigenvalue weighted by Gasteiger charge is 2.29. The number of hydrogen-bond donors (Lipinski definition) is 3. The van der Waals surface area contributed by atoms with Crippen LogP contribution in [0.1, 0.15) is 36.0 Å². The Bertz CT molecular complexity index is 502. The Morgan fingerprint density at radius 2 is 2.00 bits per heavy atom. The highest BCUT2D eigenvalue weighted by atomic mass is 16.2. The first-order valence-electron chi connectivity index (χ1n) is 7.02. The minimum absolute atomic E-state index is 0.0122. The van der Waals surface area contributed by atoms with Gasteiger partial charge in [0.15, 0.2) is 0 Å². The van der Waals surface area contributed by atoms with E-state index in [0.717, 1.165) is 25.7 Å². The molecule has 0 bridgehead atoms. The zero-order chi connectivity index (χ0) is 14.5. The normalized spacial score (nSPS) is 22.2. The molecule has 0 aromatic heterocycles.